The van der Waals surface area contributed by atoms with E-state index < -0.39 is 10.0 Å². The van der Waals surface area contributed by atoms with Crippen molar-refractivity contribution in [3.05, 3.63) is 46.2 Å². The highest BCUT2D eigenvalue weighted by Gasteiger charge is 2.32. The first-order valence-electron chi connectivity index (χ1n) is 8.37. The number of aromatic nitrogens is 2. The molecule has 0 spiro atoms. The van der Waals surface area contributed by atoms with E-state index in [1.165, 1.54) is 4.31 Å². The highest BCUT2D eigenvalue weighted by molar-refractivity contribution is 7.89. The van der Waals surface area contributed by atoms with Crippen LogP contribution in [0.4, 0.5) is 0 Å². The molecule has 0 saturated carbocycles. The molecule has 2 aromatic rings. The molecule has 1 aliphatic rings. The molecule has 7 nitrogen and oxygen atoms in total. The Bertz CT molecular complexity index is 889. The number of carbonyl (C=O) groups excluding carboxylic acids is 1. The number of carbonyl (C=O) groups is 1. The number of aryl methyl sites for hydroxylation is 2. The predicted molar refractivity (Wildman–Crippen MR) is 98.8 cm³/mol. The van der Waals surface area contributed by atoms with E-state index in [1.807, 2.05) is 0 Å². The smallest absolute Gasteiger partial charge is 0.253 e. The number of nitrogens with one attached hydrogen (secondary N) is 1. The van der Waals surface area contributed by atoms with Crippen molar-refractivity contribution in [2.75, 3.05) is 26.2 Å². The normalized spacial score (nSPS) is 16.5. The van der Waals surface area contributed by atoms with Gasteiger partial charge in [0.1, 0.15) is 4.90 Å². The lowest BCUT2D eigenvalue weighted by Crippen LogP contribution is -2.37. The molecule has 1 N–H and O–H groups in total. The molecule has 140 valence electrons. The van der Waals surface area contributed by atoms with Crippen LogP contribution in [-0.4, -0.2) is 59.9 Å². The molecule has 0 bridgehead atoms. The minimum absolute atomic E-state index is 0.114. The van der Waals surface area contributed by atoms with E-state index in [0.717, 1.165) is 0 Å². The molecule has 0 atom stereocenters. The maximum atomic E-state index is 13.0. The van der Waals surface area contributed by atoms with Crippen LogP contribution < -0.4 is 0 Å². The SMILES string of the molecule is Cc1n[nH]c(C)c1S(=O)(=O)N1CCCN(C(=O)c2ccc(Cl)cc2)CC1. The van der Waals surface area contributed by atoms with Crippen LogP contribution in [0.5, 0.6) is 0 Å². The molecular weight excluding hydrogens is 376 g/mol. The van der Waals surface area contributed by atoms with Crippen molar-refractivity contribution >= 4 is 27.5 Å². The van der Waals surface area contributed by atoms with Crippen LogP contribution >= 0.6 is 11.6 Å². The first kappa shape index (κ1) is 18.9. The highest BCUT2D eigenvalue weighted by atomic mass is 35.5. The fourth-order valence-corrected chi connectivity index (χ4v) is 5.09. The molecule has 26 heavy (non-hydrogen) atoms. The molecule has 1 amide bonds. The van der Waals surface area contributed by atoms with Gasteiger partial charge in [0.05, 0.1) is 11.4 Å². The number of aromatic amines is 1. The third-order valence-electron chi connectivity index (χ3n) is 4.49. The Morgan fingerprint density at radius 2 is 1.81 bits per heavy atom. The lowest BCUT2D eigenvalue weighted by molar-refractivity contribution is 0.0764. The number of sulfonamides is 1. The summed E-state index contributed by atoms with van der Waals surface area (Å²) in [7, 11) is -3.64. The minimum atomic E-state index is -3.64. The lowest BCUT2D eigenvalue weighted by atomic mass is 10.2. The van der Waals surface area contributed by atoms with Crippen molar-refractivity contribution in [3.8, 4) is 0 Å². The van der Waals surface area contributed by atoms with Crippen molar-refractivity contribution < 1.29 is 13.2 Å². The third kappa shape index (κ3) is 3.62. The zero-order valence-corrected chi connectivity index (χ0v) is 16.3. The summed E-state index contributed by atoms with van der Waals surface area (Å²) >= 11 is 5.87. The van der Waals surface area contributed by atoms with Gasteiger partial charge in [-0.05, 0) is 44.5 Å². The Balaban J connectivity index is 1.76. The summed E-state index contributed by atoms with van der Waals surface area (Å²) in [5, 5.41) is 7.27. The quantitative estimate of drug-likeness (QED) is 0.861. The number of H-pyrrole nitrogens is 1. The number of hydrogen-bond acceptors (Lipinski definition) is 4. The number of amides is 1. The van der Waals surface area contributed by atoms with Gasteiger partial charge in [-0.3, -0.25) is 9.89 Å². The monoisotopic (exact) mass is 396 g/mol. The Kier molecular flexibility index (Phi) is 5.36. The van der Waals surface area contributed by atoms with Crippen molar-refractivity contribution in [2.24, 2.45) is 0 Å². The summed E-state index contributed by atoms with van der Waals surface area (Å²) < 4.78 is 27.4. The zero-order valence-electron chi connectivity index (χ0n) is 14.7. The fourth-order valence-electron chi connectivity index (χ4n) is 3.16. The molecule has 1 saturated heterocycles. The number of rotatable bonds is 3. The van der Waals surface area contributed by atoms with Gasteiger partial charge in [-0.2, -0.15) is 9.40 Å². The van der Waals surface area contributed by atoms with Crippen LogP contribution in [0.3, 0.4) is 0 Å². The summed E-state index contributed by atoms with van der Waals surface area (Å²) in [5.41, 5.74) is 1.54. The summed E-state index contributed by atoms with van der Waals surface area (Å²) in [6.45, 7) is 4.85. The second-order valence-corrected chi connectivity index (χ2v) is 8.63. The van der Waals surface area contributed by atoms with Gasteiger partial charge in [0.15, 0.2) is 0 Å². The molecule has 1 aromatic carbocycles. The van der Waals surface area contributed by atoms with E-state index in [9.17, 15) is 13.2 Å². The average molecular weight is 397 g/mol. The van der Waals surface area contributed by atoms with Gasteiger partial charge in [-0.1, -0.05) is 11.6 Å². The molecule has 1 aromatic heterocycles. The van der Waals surface area contributed by atoms with Crippen LogP contribution in [0.25, 0.3) is 0 Å². The lowest BCUT2D eigenvalue weighted by Gasteiger charge is -2.22. The summed E-state index contributed by atoms with van der Waals surface area (Å²) in [6, 6.07) is 6.71. The van der Waals surface area contributed by atoms with E-state index in [4.69, 9.17) is 11.6 Å². The van der Waals surface area contributed by atoms with E-state index in [-0.39, 0.29) is 17.3 Å². The molecule has 0 radical (unpaired) electrons. The number of halogens is 1. The largest absolute Gasteiger partial charge is 0.337 e. The van der Waals surface area contributed by atoms with Crippen molar-refractivity contribution in [3.63, 3.8) is 0 Å². The summed E-state index contributed by atoms with van der Waals surface area (Å²) in [6.07, 6.45) is 0.578. The molecule has 0 unspecified atom stereocenters. The zero-order chi connectivity index (χ0) is 18.9. The Labute approximate surface area is 158 Å². The van der Waals surface area contributed by atoms with Gasteiger partial charge in [-0.25, -0.2) is 8.42 Å². The summed E-state index contributed by atoms with van der Waals surface area (Å²) in [4.78, 5) is 14.6. The third-order valence-corrected chi connectivity index (χ3v) is 6.91. The first-order valence-corrected chi connectivity index (χ1v) is 10.2. The minimum Gasteiger partial charge on any atom is -0.337 e. The van der Waals surface area contributed by atoms with Gasteiger partial charge in [0, 0.05) is 36.8 Å². The molecule has 0 aliphatic carbocycles. The van der Waals surface area contributed by atoms with Crippen molar-refractivity contribution in [1.29, 1.82) is 0 Å². The van der Waals surface area contributed by atoms with Crippen LogP contribution in [0.15, 0.2) is 29.2 Å². The van der Waals surface area contributed by atoms with Gasteiger partial charge >= 0.3 is 0 Å². The fraction of sp³-hybridized carbons (Fsp3) is 0.412. The Morgan fingerprint density at radius 3 is 2.42 bits per heavy atom. The molecule has 1 aliphatic heterocycles. The Morgan fingerprint density at radius 1 is 1.12 bits per heavy atom. The van der Waals surface area contributed by atoms with E-state index >= 15 is 0 Å². The first-order chi connectivity index (χ1) is 12.3. The molecule has 9 heteroatoms. The Hall–Kier alpha value is -1.90. The average Bonchev–Trinajstić information content (AvgIpc) is 2.81. The van der Waals surface area contributed by atoms with E-state index in [2.05, 4.69) is 10.2 Å². The molecule has 3 rings (SSSR count). The molecular formula is C17H21ClN4O3S. The molecule has 1 fully saturated rings. The second-order valence-electron chi connectivity index (χ2n) is 6.32. The number of nitrogens with zero attached hydrogens (tertiary/aromatic N) is 3. The van der Waals surface area contributed by atoms with Crippen LogP contribution in [0.2, 0.25) is 5.02 Å². The van der Waals surface area contributed by atoms with Crippen LogP contribution in [-0.2, 0) is 10.0 Å². The topological polar surface area (TPSA) is 86.4 Å². The van der Waals surface area contributed by atoms with Gasteiger partial charge in [0.25, 0.3) is 5.91 Å². The highest BCUT2D eigenvalue weighted by Crippen LogP contribution is 2.23. The maximum absolute atomic E-state index is 13.0. The number of benzene rings is 1. The number of hydrogen-bond donors (Lipinski definition) is 1. The van der Waals surface area contributed by atoms with Crippen LogP contribution in [0, 0.1) is 13.8 Å². The standard InChI is InChI=1S/C17H21ClN4O3S/c1-12-16(13(2)20-19-12)26(24,25)22-9-3-8-21(10-11-22)17(23)14-4-6-15(18)7-5-14/h4-7H,3,8-11H2,1-2H3,(H,19,20). The van der Waals surface area contributed by atoms with E-state index in [1.54, 1.807) is 43.0 Å². The van der Waals surface area contributed by atoms with Gasteiger partial charge < -0.3 is 4.90 Å². The summed E-state index contributed by atoms with van der Waals surface area (Å²) in [5.74, 6) is -0.114. The second kappa shape index (κ2) is 7.38. The predicted octanol–water partition coefficient (Wildman–Crippen LogP) is 2.22. The molecule has 2 heterocycles. The van der Waals surface area contributed by atoms with Gasteiger partial charge in [0.2, 0.25) is 10.0 Å². The van der Waals surface area contributed by atoms with Gasteiger partial charge in [-0.15, -0.1) is 0 Å². The van der Waals surface area contributed by atoms with E-state index in [0.29, 0.717) is 48.0 Å². The maximum Gasteiger partial charge on any atom is 0.253 e. The van der Waals surface area contributed by atoms with Crippen molar-refractivity contribution in [2.45, 2.75) is 25.2 Å². The van der Waals surface area contributed by atoms with Crippen LogP contribution in [0.1, 0.15) is 28.2 Å². The van der Waals surface area contributed by atoms with Crippen molar-refractivity contribution in [1.82, 2.24) is 19.4 Å².